The molecule has 1 heterocycles. The van der Waals surface area contributed by atoms with E-state index in [1.54, 1.807) is 25.1 Å². The third-order valence-electron chi connectivity index (χ3n) is 4.83. The maximum Gasteiger partial charge on any atom is 0.434 e. The van der Waals surface area contributed by atoms with Gasteiger partial charge < -0.3 is 14.9 Å². The van der Waals surface area contributed by atoms with E-state index in [-0.39, 0.29) is 17.6 Å². The molecule has 3 N–H and O–H groups in total. The topological polar surface area (TPSA) is 111 Å². The first-order valence-electron chi connectivity index (χ1n) is 9.20. The van der Waals surface area contributed by atoms with E-state index in [1.165, 1.54) is 19.2 Å². The van der Waals surface area contributed by atoms with E-state index in [1.807, 2.05) is 13.8 Å². The number of carbonyl (C=O) groups excluding carboxylic acids is 1. The van der Waals surface area contributed by atoms with Gasteiger partial charge in [0.1, 0.15) is 5.82 Å². The van der Waals surface area contributed by atoms with Crippen molar-refractivity contribution in [3.63, 3.8) is 0 Å². The number of aryl methyl sites for hydroxylation is 1. The van der Waals surface area contributed by atoms with Crippen LogP contribution in [0.3, 0.4) is 0 Å². The number of nitrogens with zero attached hydrogens (tertiary/aromatic N) is 1. The molecule has 0 saturated heterocycles. The van der Waals surface area contributed by atoms with E-state index in [0.717, 1.165) is 11.1 Å². The van der Waals surface area contributed by atoms with E-state index >= 15 is 0 Å². The molecule has 0 aliphatic rings. The number of aromatic amines is 1. The lowest BCUT2D eigenvalue weighted by Gasteiger charge is -2.20. The quantitative estimate of drug-likeness (QED) is 0.389. The second kappa shape index (κ2) is 10.6. The molecule has 31 heavy (non-hydrogen) atoms. The Balaban J connectivity index is 0.000000245. The first kappa shape index (κ1) is 24.6. The Hall–Kier alpha value is -2.62. The number of nitrogens with two attached hydrogens (primary N) is 1. The lowest BCUT2D eigenvalue weighted by molar-refractivity contribution is 0.0597. The highest BCUT2D eigenvalue weighted by atomic mass is 35.5. The number of benzene rings is 2. The average molecular weight is 468 g/mol. The zero-order valence-corrected chi connectivity index (χ0v) is 19.1. The number of halogens is 2. The van der Waals surface area contributed by atoms with Crippen LogP contribution in [0.25, 0.3) is 0 Å². The highest BCUT2D eigenvalue weighted by Gasteiger charge is 2.26. The number of nitrogens with one attached hydrogen (secondary N) is 1. The van der Waals surface area contributed by atoms with Crippen molar-refractivity contribution in [2.75, 3.05) is 7.11 Å². The van der Waals surface area contributed by atoms with E-state index in [4.69, 9.17) is 21.8 Å². The Labute approximate surface area is 189 Å². The van der Waals surface area contributed by atoms with Crippen LogP contribution in [0.15, 0.2) is 44.4 Å². The molecule has 0 aliphatic heterocycles. The molecule has 2 unspecified atom stereocenters. The van der Waals surface area contributed by atoms with Crippen LogP contribution in [0.4, 0.5) is 4.39 Å². The normalized spacial score (nSPS) is 12.5. The lowest BCUT2D eigenvalue weighted by atomic mass is 9.88. The van der Waals surface area contributed by atoms with Crippen molar-refractivity contribution in [2.45, 2.75) is 37.6 Å². The van der Waals surface area contributed by atoms with Gasteiger partial charge in [0.2, 0.25) is 5.89 Å². The Kier molecular flexibility index (Phi) is 8.43. The van der Waals surface area contributed by atoms with Crippen LogP contribution in [0, 0.1) is 19.7 Å². The molecule has 0 aliphatic carbocycles. The predicted molar refractivity (Wildman–Crippen MR) is 118 cm³/mol. The summed E-state index contributed by atoms with van der Waals surface area (Å²) in [6, 6.07) is 7.29. The van der Waals surface area contributed by atoms with Crippen LogP contribution < -0.4 is 11.5 Å². The number of esters is 1. The summed E-state index contributed by atoms with van der Waals surface area (Å²) in [5.74, 6) is -1.69. The zero-order chi connectivity index (χ0) is 23.3. The third kappa shape index (κ3) is 5.96. The number of hydrogen-bond acceptors (Lipinski definition) is 7. The number of ether oxygens (including phenoxy) is 1. The molecule has 166 valence electrons. The summed E-state index contributed by atoms with van der Waals surface area (Å²) < 4.78 is 23.3. The van der Waals surface area contributed by atoms with Crippen LogP contribution in [-0.4, -0.2) is 23.3 Å². The molecule has 3 rings (SSSR count). The highest BCUT2D eigenvalue weighted by molar-refractivity contribution is 7.80. The second-order valence-electron chi connectivity index (χ2n) is 6.82. The number of methoxy groups -OCH3 is 1. The fourth-order valence-electron chi connectivity index (χ4n) is 2.92. The van der Waals surface area contributed by atoms with Crippen LogP contribution in [0.5, 0.6) is 0 Å². The van der Waals surface area contributed by atoms with Gasteiger partial charge in [-0.2, -0.15) is 0 Å². The highest BCUT2D eigenvalue weighted by Crippen LogP contribution is 2.32. The van der Waals surface area contributed by atoms with Gasteiger partial charge in [-0.1, -0.05) is 24.6 Å². The van der Waals surface area contributed by atoms with Gasteiger partial charge in [0, 0.05) is 15.8 Å². The number of carbonyl (C=O) groups is 1. The summed E-state index contributed by atoms with van der Waals surface area (Å²) in [7, 11) is 1.32. The SMILES string of the molecule is COC(=O)c1cc(Cl)ccc1S.Cc1ccc(F)c(C(C)C(N)c2n[nH]c(=O)o2)c1C. The molecule has 0 amide bonds. The smallest absolute Gasteiger partial charge is 0.434 e. The van der Waals surface area contributed by atoms with Gasteiger partial charge in [-0.15, -0.1) is 17.7 Å². The molecule has 0 bridgehead atoms. The largest absolute Gasteiger partial charge is 0.465 e. The number of aromatic nitrogens is 2. The van der Waals surface area contributed by atoms with Gasteiger partial charge in [0.15, 0.2) is 0 Å². The van der Waals surface area contributed by atoms with Crippen molar-refractivity contribution in [3.8, 4) is 0 Å². The number of thiol groups is 1. The summed E-state index contributed by atoms with van der Waals surface area (Å²) in [5, 5.41) is 6.34. The molecule has 10 heteroatoms. The van der Waals surface area contributed by atoms with Gasteiger partial charge in [-0.25, -0.2) is 19.1 Å². The molecule has 3 aromatic rings. The van der Waals surface area contributed by atoms with Crippen molar-refractivity contribution < 1.29 is 18.3 Å². The lowest BCUT2D eigenvalue weighted by Crippen LogP contribution is -2.20. The third-order valence-corrected chi connectivity index (χ3v) is 5.46. The van der Waals surface area contributed by atoms with Crippen LogP contribution in [0.2, 0.25) is 5.02 Å². The second-order valence-corrected chi connectivity index (χ2v) is 7.74. The van der Waals surface area contributed by atoms with Crippen molar-refractivity contribution in [2.24, 2.45) is 5.73 Å². The van der Waals surface area contributed by atoms with Crippen LogP contribution in [0.1, 0.15) is 51.8 Å². The monoisotopic (exact) mass is 467 g/mol. The Bertz CT molecular complexity index is 1130. The predicted octanol–water partition coefficient (Wildman–Crippen LogP) is 4.34. The molecule has 0 spiro atoms. The minimum atomic E-state index is -0.686. The summed E-state index contributed by atoms with van der Waals surface area (Å²) in [5.41, 5.74) is 8.73. The standard InChI is InChI=1S/C13H16FN3O2.C8H7ClO2S/c1-6-4-5-9(14)10(7(6)2)8(3)11(15)12-16-17-13(18)19-12;1-11-8(10)6-4-5(9)2-3-7(6)12/h4-5,8,11H,15H2,1-3H3,(H,17,18);2-4,12H,1H3. The van der Waals surface area contributed by atoms with E-state index < -0.39 is 17.8 Å². The minimum absolute atomic E-state index is 0.0813. The first-order chi connectivity index (χ1) is 14.6. The number of rotatable bonds is 4. The van der Waals surface area contributed by atoms with Crippen molar-refractivity contribution in [1.29, 1.82) is 0 Å². The molecular formula is C21H23ClFN3O4S. The van der Waals surface area contributed by atoms with Crippen molar-refractivity contribution in [3.05, 3.63) is 79.9 Å². The molecule has 1 aromatic heterocycles. The van der Waals surface area contributed by atoms with Gasteiger partial charge in [-0.3, -0.25) is 0 Å². The fraction of sp³-hybridized carbons (Fsp3) is 0.286. The maximum atomic E-state index is 14.0. The van der Waals surface area contributed by atoms with Crippen molar-refractivity contribution in [1.82, 2.24) is 10.2 Å². The maximum absolute atomic E-state index is 14.0. The Morgan fingerprint density at radius 1 is 1.32 bits per heavy atom. The van der Waals surface area contributed by atoms with Gasteiger partial charge in [0.05, 0.1) is 18.7 Å². The average Bonchev–Trinajstić information content (AvgIpc) is 3.18. The van der Waals surface area contributed by atoms with Gasteiger partial charge in [0.25, 0.3) is 0 Å². The van der Waals surface area contributed by atoms with E-state index in [0.29, 0.717) is 21.0 Å². The molecule has 2 aromatic carbocycles. The fourth-order valence-corrected chi connectivity index (χ4v) is 3.33. The molecule has 0 saturated carbocycles. The number of H-pyrrole nitrogens is 1. The summed E-state index contributed by atoms with van der Waals surface area (Å²) in [4.78, 5) is 22.5. The first-order valence-corrected chi connectivity index (χ1v) is 10.0. The minimum Gasteiger partial charge on any atom is -0.465 e. The molecule has 2 atom stereocenters. The van der Waals surface area contributed by atoms with Gasteiger partial charge in [-0.05, 0) is 54.8 Å². The molecular weight excluding hydrogens is 445 g/mol. The van der Waals surface area contributed by atoms with Gasteiger partial charge >= 0.3 is 11.7 Å². The molecule has 0 fully saturated rings. The van der Waals surface area contributed by atoms with E-state index in [9.17, 15) is 14.0 Å². The Morgan fingerprint density at radius 2 is 2.00 bits per heavy atom. The summed E-state index contributed by atoms with van der Waals surface area (Å²) >= 11 is 9.76. The zero-order valence-electron chi connectivity index (χ0n) is 17.4. The van der Waals surface area contributed by atoms with Crippen LogP contribution >= 0.6 is 24.2 Å². The molecule has 0 radical (unpaired) electrons. The number of hydrogen-bond donors (Lipinski definition) is 3. The van der Waals surface area contributed by atoms with Crippen molar-refractivity contribution >= 4 is 30.2 Å². The van der Waals surface area contributed by atoms with Crippen LogP contribution in [-0.2, 0) is 4.74 Å². The Morgan fingerprint density at radius 3 is 2.58 bits per heavy atom. The summed E-state index contributed by atoms with van der Waals surface area (Å²) in [6.07, 6.45) is 0. The molecule has 7 nitrogen and oxygen atoms in total. The van der Waals surface area contributed by atoms with E-state index in [2.05, 4.69) is 27.6 Å². The summed E-state index contributed by atoms with van der Waals surface area (Å²) in [6.45, 7) is 5.53.